The van der Waals surface area contributed by atoms with Gasteiger partial charge in [-0.2, -0.15) is 5.10 Å². The van der Waals surface area contributed by atoms with Gasteiger partial charge < -0.3 is 5.32 Å². The number of hydrogen-bond donors (Lipinski definition) is 1. The van der Waals surface area contributed by atoms with E-state index in [-0.39, 0.29) is 5.91 Å². The van der Waals surface area contributed by atoms with Crippen molar-refractivity contribution in [1.82, 2.24) is 25.0 Å². The average molecular weight is 386 g/mol. The molecule has 28 heavy (non-hydrogen) atoms. The van der Waals surface area contributed by atoms with Crippen molar-refractivity contribution < 1.29 is 4.79 Å². The van der Waals surface area contributed by atoms with Gasteiger partial charge in [0.25, 0.3) is 5.91 Å². The minimum Gasteiger partial charge on any atom is -0.305 e. The number of carbonyl (C=O) groups excluding carboxylic acids is 1. The second-order valence-corrected chi connectivity index (χ2v) is 7.28. The van der Waals surface area contributed by atoms with Crippen molar-refractivity contribution in [2.24, 2.45) is 7.05 Å². The number of anilines is 1. The van der Waals surface area contributed by atoms with Crippen LogP contribution >= 0.6 is 11.3 Å². The molecule has 5 rings (SSSR count). The second-order valence-electron chi connectivity index (χ2n) is 6.39. The van der Waals surface area contributed by atoms with Crippen molar-refractivity contribution in [3.63, 3.8) is 0 Å². The highest BCUT2D eigenvalue weighted by Crippen LogP contribution is 2.24. The molecule has 0 saturated heterocycles. The Balaban J connectivity index is 1.45. The summed E-state index contributed by atoms with van der Waals surface area (Å²) in [7, 11) is 1.88. The lowest BCUT2D eigenvalue weighted by Crippen LogP contribution is -2.13. The Hall–Kier alpha value is -3.65. The van der Waals surface area contributed by atoms with Crippen LogP contribution in [0.4, 0.5) is 5.82 Å². The summed E-state index contributed by atoms with van der Waals surface area (Å²) in [5.41, 5.74) is 5.91. The van der Waals surface area contributed by atoms with Crippen LogP contribution in [0, 0.1) is 0 Å². The summed E-state index contributed by atoms with van der Waals surface area (Å²) >= 11 is 1.54. The zero-order chi connectivity index (χ0) is 19.1. The molecule has 1 amide bonds. The molecule has 3 aromatic heterocycles. The lowest BCUT2D eigenvalue weighted by molar-refractivity contribution is 0.102. The van der Waals surface area contributed by atoms with Crippen molar-refractivity contribution in [2.75, 3.05) is 5.32 Å². The standard InChI is InChI=1S/C20H14N6OS/c1-26-10-15(9-22-26)12-2-4-16-14(6-12)8-19(25-24-16)23-20(27)13-3-5-18-17(7-13)21-11-28-18/h2-11H,1H3,(H,23,25,27). The maximum absolute atomic E-state index is 12.6. The number of hydrogen-bond acceptors (Lipinski definition) is 6. The van der Waals surface area contributed by atoms with Gasteiger partial charge in [0.05, 0.1) is 27.4 Å². The molecule has 5 aromatic rings. The summed E-state index contributed by atoms with van der Waals surface area (Å²) in [4.78, 5) is 16.8. The Morgan fingerprint density at radius 2 is 1.96 bits per heavy atom. The first kappa shape index (κ1) is 16.5. The first-order valence-corrected chi connectivity index (χ1v) is 9.45. The molecule has 1 N–H and O–H groups in total. The van der Waals surface area contributed by atoms with Crippen LogP contribution in [0.25, 0.3) is 32.2 Å². The molecule has 0 unspecified atom stereocenters. The molecule has 8 heteroatoms. The average Bonchev–Trinajstić information content (AvgIpc) is 3.35. The quantitative estimate of drug-likeness (QED) is 0.508. The van der Waals surface area contributed by atoms with Gasteiger partial charge in [0.2, 0.25) is 0 Å². The van der Waals surface area contributed by atoms with E-state index in [9.17, 15) is 4.79 Å². The third-order valence-electron chi connectivity index (χ3n) is 4.46. The van der Waals surface area contributed by atoms with Crippen LogP contribution < -0.4 is 5.32 Å². The van der Waals surface area contributed by atoms with E-state index < -0.39 is 0 Å². The number of fused-ring (bicyclic) bond motifs is 2. The number of thiazole rings is 1. The Morgan fingerprint density at radius 3 is 2.82 bits per heavy atom. The molecule has 0 aliphatic rings. The molecule has 0 atom stereocenters. The van der Waals surface area contributed by atoms with E-state index in [1.807, 2.05) is 49.8 Å². The highest BCUT2D eigenvalue weighted by molar-refractivity contribution is 7.16. The largest absolute Gasteiger partial charge is 0.305 e. The normalized spacial score (nSPS) is 11.2. The van der Waals surface area contributed by atoms with Crippen LogP contribution in [-0.2, 0) is 7.05 Å². The van der Waals surface area contributed by atoms with Gasteiger partial charge >= 0.3 is 0 Å². The molecular weight excluding hydrogens is 372 g/mol. The molecule has 0 fully saturated rings. The Bertz CT molecular complexity index is 1340. The van der Waals surface area contributed by atoms with Crippen LogP contribution in [-0.4, -0.2) is 30.9 Å². The SMILES string of the molecule is Cn1cc(-c2ccc3nnc(NC(=O)c4ccc5scnc5c4)cc3c2)cn1. The highest BCUT2D eigenvalue weighted by Gasteiger charge is 2.10. The first-order chi connectivity index (χ1) is 13.7. The van der Waals surface area contributed by atoms with Crippen LogP contribution in [0.15, 0.2) is 60.4 Å². The summed E-state index contributed by atoms with van der Waals surface area (Å²) in [6, 6.07) is 13.2. The Labute approximate surface area is 163 Å². The van der Waals surface area contributed by atoms with Gasteiger partial charge in [-0.15, -0.1) is 21.5 Å². The van der Waals surface area contributed by atoms with Crippen molar-refractivity contribution in [3.8, 4) is 11.1 Å². The maximum atomic E-state index is 12.6. The van der Waals surface area contributed by atoms with E-state index in [2.05, 4.69) is 25.6 Å². The fraction of sp³-hybridized carbons (Fsp3) is 0.0500. The third kappa shape index (κ3) is 2.99. The monoisotopic (exact) mass is 386 g/mol. The number of benzene rings is 2. The third-order valence-corrected chi connectivity index (χ3v) is 5.27. The van der Waals surface area contributed by atoms with Crippen molar-refractivity contribution >= 4 is 44.2 Å². The van der Waals surface area contributed by atoms with Gasteiger partial charge in [-0.1, -0.05) is 6.07 Å². The van der Waals surface area contributed by atoms with Gasteiger partial charge in [0, 0.05) is 29.8 Å². The number of rotatable bonds is 3. The highest BCUT2D eigenvalue weighted by atomic mass is 32.1. The van der Waals surface area contributed by atoms with E-state index in [4.69, 9.17) is 0 Å². The van der Waals surface area contributed by atoms with E-state index in [0.717, 1.165) is 32.2 Å². The Morgan fingerprint density at radius 1 is 1.04 bits per heavy atom. The van der Waals surface area contributed by atoms with Crippen molar-refractivity contribution in [3.05, 3.63) is 65.9 Å². The molecule has 0 spiro atoms. The number of aromatic nitrogens is 5. The maximum Gasteiger partial charge on any atom is 0.256 e. The van der Waals surface area contributed by atoms with Crippen LogP contribution in [0.5, 0.6) is 0 Å². The van der Waals surface area contributed by atoms with Crippen LogP contribution in [0.1, 0.15) is 10.4 Å². The topological polar surface area (TPSA) is 85.6 Å². The van der Waals surface area contributed by atoms with E-state index >= 15 is 0 Å². The summed E-state index contributed by atoms with van der Waals surface area (Å²) in [6.45, 7) is 0. The molecule has 3 heterocycles. The molecule has 0 aliphatic carbocycles. The van der Waals surface area contributed by atoms with Crippen LogP contribution in [0.2, 0.25) is 0 Å². The van der Waals surface area contributed by atoms with Gasteiger partial charge in [-0.05, 0) is 42.0 Å². The lowest BCUT2D eigenvalue weighted by atomic mass is 10.1. The zero-order valence-electron chi connectivity index (χ0n) is 14.8. The molecule has 7 nitrogen and oxygen atoms in total. The molecule has 0 bridgehead atoms. The number of nitrogens with one attached hydrogen (secondary N) is 1. The van der Waals surface area contributed by atoms with Gasteiger partial charge in [0.1, 0.15) is 0 Å². The smallest absolute Gasteiger partial charge is 0.256 e. The van der Waals surface area contributed by atoms with E-state index in [0.29, 0.717) is 11.4 Å². The lowest BCUT2D eigenvalue weighted by Gasteiger charge is -2.06. The van der Waals surface area contributed by atoms with Gasteiger partial charge in [0.15, 0.2) is 5.82 Å². The van der Waals surface area contributed by atoms with Crippen molar-refractivity contribution in [1.29, 1.82) is 0 Å². The number of amides is 1. The van der Waals surface area contributed by atoms with E-state index in [1.165, 1.54) is 0 Å². The zero-order valence-corrected chi connectivity index (χ0v) is 15.6. The minimum atomic E-state index is -0.244. The first-order valence-electron chi connectivity index (χ1n) is 8.57. The number of aryl methyl sites for hydroxylation is 1. The second kappa shape index (κ2) is 6.50. The predicted molar refractivity (Wildman–Crippen MR) is 109 cm³/mol. The van der Waals surface area contributed by atoms with Gasteiger partial charge in [-0.3, -0.25) is 9.48 Å². The fourth-order valence-electron chi connectivity index (χ4n) is 3.04. The summed E-state index contributed by atoms with van der Waals surface area (Å²) < 4.78 is 2.81. The summed E-state index contributed by atoms with van der Waals surface area (Å²) in [5, 5.41) is 16.2. The van der Waals surface area contributed by atoms with Crippen LogP contribution in [0.3, 0.4) is 0 Å². The predicted octanol–water partition coefficient (Wildman–Crippen LogP) is 3.89. The number of carbonyl (C=O) groups is 1. The minimum absolute atomic E-state index is 0.244. The molecular formula is C20H14N6OS. The van der Waals surface area contributed by atoms with E-state index in [1.54, 1.807) is 33.7 Å². The van der Waals surface area contributed by atoms with Crippen molar-refractivity contribution in [2.45, 2.75) is 0 Å². The summed E-state index contributed by atoms with van der Waals surface area (Å²) in [5.74, 6) is 0.158. The van der Waals surface area contributed by atoms with Gasteiger partial charge in [-0.25, -0.2) is 4.98 Å². The molecule has 2 aromatic carbocycles. The molecule has 0 saturated carbocycles. The summed E-state index contributed by atoms with van der Waals surface area (Å²) in [6.07, 6.45) is 3.76. The number of nitrogens with zero attached hydrogens (tertiary/aromatic N) is 5. The molecule has 0 aliphatic heterocycles. The Kier molecular flexibility index (Phi) is 3.84. The molecule has 136 valence electrons. The molecule has 0 radical (unpaired) electrons. The fourth-order valence-corrected chi connectivity index (χ4v) is 3.70.